The van der Waals surface area contributed by atoms with Crippen LogP contribution in [0, 0.1) is 6.92 Å². The van der Waals surface area contributed by atoms with E-state index in [1.165, 1.54) is 5.56 Å². The Morgan fingerprint density at radius 1 is 1.10 bits per heavy atom. The quantitative estimate of drug-likeness (QED) is 0.410. The molecular weight excluding hydrogens is 408 g/mol. The molecule has 6 nitrogen and oxygen atoms in total. The number of hydrogen-bond donors (Lipinski definition) is 0. The predicted octanol–water partition coefficient (Wildman–Crippen LogP) is 4.55. The number of amides is 1. The van der Waals surface area contributed by atoms with E-state index in [0.29, 0.717) is 31.0 Å². The number of rotatable bonds is 8. The molecule has 7 heteroatoms. The first-order valence-electron chi connectivity index (χ1n) is 10.0. The van der Waals surface area contributed by atoms with Crippen LogP contribution in [-0.4, -0.2) is 32.6 Å². The minimum absolute atomic E-state index is 0.0440. The fourth-order valence-corrected chi connectivity index (χ4v) is 3.83. The molecule has 0 saturated carbocycles. The van der Waals surface area contributed by atoms with Crippen LogP contribution in [0.5, 0.6) is 5.75 Å². The highest BCUT2D eigenvalue weighted by Gasteiger charge is 2.13. The van der Waals surface area contributed by atoms with Gasteiger partial charge < -0.3 is 9.64 Å². The van der Waals surface area contributed by atoms with Gasteiger partial charge in [-0.2, -0.15) is 5.10 Å². The summed E-state index contributed by atoms with van der Waals surface area (Å²) in [4.78, 5) is 18.9. The number of ether oxygens (including phenoxy) is 1. The average Bonchev–Trinajstić information content (AvgIpc) is 3.41. The Morgan fingerprint density at radius 3 is 2.58 bits per heavy atom. The van der Waals surface area contributed by atoms with E-state index in [4.69, 9.17) is 4.74 Å². The summed E-state index contributed by atoms with van der Waals surface area (Å²) in [6.45, 7) is 3.60. The highest BCUT2D eigenvalue weighted by molar-refractivity contribution is 7.09. The van der Waals surface area contributed by atoms with Crippen LogP contribution in [0.4, 0.5) is 0 Å². The summed E-state index contributed by atoms with van der Waals surface area (Å²) in [6, 6.07) is 17.4. The van der Waals surface area contributed by atoms with Gasteiger partial charge in [0.1, 0.15) is 12.4 Å². The van der Waals surface area contributed by atoms with E-state index < -0.39 is 0 Å². The third-order valence-corrected chi connectivity index (χ3v) is 5.62. The van der Waals surface area contributed by atoms with Crippen molar-refractivity contribution in [3.8, 4) is 5.75 Å². The van der Waals surface area contributed by atoms with Gasteiger partial charge in [-0.1, -0.05) is 30.3 Å². The number of carbonyl (C=O) groups is 1. The smallest absolute Gasteiger partial charge is 0.253 e. The van der Waals surface area contributed by atoms with Gasteiger partial charge in [0.2, 0.25) is 0 Å². The van der Waals surface area contributed by atoms with Crippen molar-refractivity contribution in [1.82, 2.24) is 19.7 Å². The summed E-state index contributed by atoms with van der Waals surface area (Å²) in [5, 5.41) is 7.42. The van der Waals surface area contributed by atoms with Crippen molar-refractivity contribution in [2.75, 3.05) is 7.05 Å². The summed E-state index contributed by atoms with van der Waals surface area (Å²) in [6.07, 6.45) is 3.79. The fraction of sp³-hybridized carbons (Fsp3) is 0.208. The molecular formula is C24H24N4O2S. The van der Waals surface area contributed by atoms with Crippen molar-refractivity contribution in [3.63, 3.8) is 0 Å². The van der Waals surface area contributed by atoms with Gasteiger partial charge in [-0.15, -0.1) is 11.3 Å². The predicted molar refractivity (Wildman–Crippen MR) is 121 cm³/mol. The van der Waals surface area contributed by atoms with E-state index >= 15 is 0 Å². The van der Waals surface area contributed by atoms with Crippen LogP contribution < -0.4 is 4.74 Å². The highest BCUT2D eigenvalue weighted by Crippen LogP contribution is 2.17. The van der Waals surface area contributed by atoms with Crippen LogP contribution in [0.25, 0.3) is 0 Å². The molecule has 0 fully saturated rings. The van der Waals surface area contributed by atoms with E-state index in [1.54, 1.807) is 35.4 Å². The van der Waals surface area contributed by atoms with E-state index in [1.807, 2.05) is 59.7 Å². The van der Waals surface area contributed by atoms with Gasteiger partial charge in [-0.25, -0.2) is 4.98 Å². The van der Waals surface area contributed by atoms with Crippen LogP contribution in [0.2, 0.25) is 0 Å². The van der Waals surface area contributed by atoms with Gasteiger partial charge in [0.15, 0.2) is 0 Å². The number of benzene rings is 2. The molecule has 1 amide bonds. The monoisotopic (exact) mass is 432 g/mol. The maximum atomic E-state index is 12.8. The van der Waals surface area contributed by atoms with Gasteiger partial charge in [0.25, 0.3) is 5.91 Å². The first-order valence-corrected chi connectivity index (χ1v) is 10.9. The molecule has 0 bridgehead atoms. The Kier molecular flexibility index (Phi) is 6.43. The lowest BCUT2D eigenvalue weighted by molar-refractivity contribution is 0.0785. The maximum absolute atomic E-state index is 12.8. The van der Waals surface area contributed by atoms with Crippen molar-refractivity contribution in [1.29, 1.82) is 0 Å². The normalized spacial score (nSPS) is 10.8. The Morgan fingerprint density at radius 2 is 1.87 bits per heavy atom. The van der Waals surface area contributed by atoms with Gasteiger partial charge in [0.05, 0.1) is 23.4 Å². The molecule has 31 heavy (non-hydrogen) atoms. The lowest BCUT2D eigenvalue weighted by Gasteiger charge is -2.16. The summed E-state index contributed by atoms with van der Waals surface area (Å²) in [5.74, 6) is 0.671. The third kappa shape index (κ3) is 5.58. The first-order chi connectivity index (χ1) is 15.1. The van der Waals surface area contributed by atoms with Crippen LogP contribution in [0.3, 0.4) is 0 Å². The molecule has 0 radical (unpaired) electrons. The topological polar surface area (TPSA) is 60.2 Å². The van der Waals surface area contributed by atoms with Crippen LogP contribution in [0.15, 0.2) is 72.4 Å². The Hall–Kier alpha value is -3.45. The Labute approximate surface area is 185 Å². The zero-order valence-corrected chi connectivity index (χ0v) is 18.4. The molecule has 0 N–H and O–H groups in total. The SMILES string of the molecule is Cc1nc(COc2ccc(C(=O)N(C)Cc3cnn(Cc4ccccc4)c3)cc2)cs1. The van der Waals surface area contributed by atoms with Gasteiger partial charge in [0, 0.05) is 36.3 Å². The van der Waals surface area contributed by atoms with E-state index in [2.05, 4.69) is 22.2 Å². The molecule has 2 aromatic heterocycles. The van der Waals surface area contributed by atoms with E-state index in [-0.39, 0.29) is 5.91 Å². The number of thiazole rings is 1. The van der Waals surface area contributed by atoms with Crippen LogP contribution >= 0.6 is 11.3 Å². The van der Waals surface area contributed by atoms with E-state index in [9.17, 15) is 4.79 Å². The van der Waals surface area contributed by atoms with E-state index in [0.717, 1.165) is 16.3 Å². The van der Waals surface area contributed by atoms with Crippen molar-refractivity contribution < 1.29 is 9.53 Å². The summed E-state index contributed by atoms with van der Waals surface area (Å²) < 4.78 is 7.64. The summed E-state index contributed by atoms with van der Waals surface area (Å²) >= 11 is 1.60. The molecule has 158 valence electrons. The number of hydrogen-bond acceptors (Lipinski definition) is 5. The molecule has 4 rings (SSSR count). The molecule has 0 aliphatic carbocycles. The third-order valence-electron chi connectivity index (χ3n) is 4.80. The van der Waals surface area contributed by atoms with Crippen molar-refractivity contribution in [2.45, 2.75) is 26.6 Å². The van der Waals surface area contributed by atoms with Gasteiger partial charge >= 0.3 is 0 Å². The lowest BCUT2D eigenvalue weighted by Crippen LogP contribution is -2.26. The Bertz CT molecular complexity index is 1140. The number of nitrogens with zero attached hydrogens (tertiary/aromatic N) is 4. The first kappa shape index (κ1) is 20.8. The second-order valence-corrected chi connectivity index (χ2v) is 8.43. The largest absolute Gasteiger partial charge is 0.487 e. The minimum Gasteiger partial charge on any atom is -0.487 e. The molecule has 0 spiro atoms. The highest BCUT2D eigenvalue weighted by atomic mass is 32.1. The molecule has 2 heterocycles. The average molecular weight is 433 g/mol. The zero-order valence-electron chi connectivity index (χ0n) is 17.6. The maximum Gasteiger partial charge on any atom is 0.253 e. The minimum atomic E-state index is -0.0440. The molecule has 0 aliphatic heterocycles. The van der Waals surface area contributed by atoms with Crippen molar-refractivity contribution in [3.05, 3.63) is 99.8 Å². The number of aryl methyl sites for hydroxylation is 1. The molecule has 0 saturated heterocycles. The fourth-order valence-electron chi connectivity index (χ4n) is 3.24. The summed E-state index contributed by atoms with van der Waals surface area (Å²) in [5.41, 5.74) is 3.71. The van der Waals surface area contributed by atoms with Crippen LogP contribution in [-0.2, 0) is 19.7 Å². The number of carbonyl (C=O) groups excluding carboxylic acids is 1. The molecule has 0 atom stereocenters. The second kappa shape index (κ2) is 9.57. The number of aromatic nitrogens is 3. The van der Waals surface area contributed by atoms with Crippen molar-refractivity contribution >= 4 is 17.2 Å². The lowest BCUT2D eigenvalue weighted by atomic mass is 10.2. The van der Waals surface area contributed by atoms with Crippen molar-refractivity contribution in [2.24, 2.45) is 0 Å². The van der Waals surface area contributed by atoms with Crippen LogP contribution in [0.1, 0.15) is 32.2 Å². The molecule has 0 aliphatic rings. The molecule has 2 aromatic carbocycles. The Balaban J connectivity index is 1.31. The molecule has 0 unspecified atom stereocenters. The second-order valence-electron chi connectivity index (χ2n) is 7.36. The summed E-state index contributed by atoms with van der Waals surface area (Å²) in [7, 11) is 1.80. The molecule has 4 aromatic rings. The zero-order chi connectivity index (χ0) is 21.6. The standard InChI is InChI=1S/C24H24N4O2S/c1-18-26-22(17-31-18)16-30-23-10-8-21(9-11-23)24(29)27(2)13-20-12-25-28(15-20)14-19-6-4-3-5-7-19/h3-12,15,17H,13-14,16H2,1-2H3. The van der Waals surface area contributed by atoms with Gasteiger partial charge in [-0.3, -0.25) is 9.48 Å². The van der Waals surface area contributed by atoms with Gasteiger partial charge in [-0.05, 0) is 36.8 Å².